The van der Waals surface area contributed by atoms with E-state index in [-0.39, 0.29) is 0 Å². The molecule has 4 nitrogen and oxygen atoms in total. The molecule has 204 valence electrons. The molecule has 0 bridgehead atoms. The molecule has 0 aliphatic carbocycles. The van der Waals surface area contributed by atoms with Gasteiger partial charge in [0.15, 0.2) is 24.1 Å². The number of benzene rings is 2. The normalized spacial score (nSPS) is 13.3. The Labute approximate surface area is 285 Å². The van der Waals surface area contributed by atoms with Gasteiger partial charge < -0.3 is 18.9 Å². The van der Waals surface area contributed by atoms with E-state index in [9.17, 15) is 0 Å². The molecule has 0 aliphatic rings. The molecule has 2 rings (SSSR count). The van der Waals surface area contributed by atoms with Crippen LogP contribution in [0.25, 0.3) is 0 Å². The first kappa shape index (κ1) is 34.5. The van der Waals surface area contributed by atoms with Crippen LogP contribution < -0.4 is 9.47 Å². The summed E-state index contributed by atoms with van der Waals surface area (Å²) in [6.07, 6.45) is 2.39. The van der Waals surface area contributed by atoms with Gasteiger partial charge in [-0.3, -0.25) is 0 Å². The maximum Gasteiger partial charge on any atom is 0.197 e. The average molecular weight is 1030 g/mol. The largest absolute Gasteiger partial charge is 0.463 e. The number of hydrogen-bond donors (Lipinski definition) is 0. The third kappa shape index (κ3) is 7.77. The van der Waals surface area contributed by atoms with E-state index in [1.54, 1.807) is 12.2 Å². The topological polar surface area (TPSA) is 36.9 Å². The van der Waals surface area contributed by atoms with Gasteiger partial charge in [-0.2, -0.15) is 0 Å². The molecule has 0 spiro atoms. The maximum atomic E-state index is 6.09. The van der Waals surface area contributed by atoms with Gasteiger partial charge in [-0.1, -0.05) is 26.0 Å². The maximum absolute atomic E-state index is 6.09. The molecule has 0 amide bonds. The second kappa shape index (κ2) is 15.0. The molecular formula is C25H24Br8O4. The van der Waals surface area contributed by atoms with Gasteiger partial charge in [-0.05, 0) is 152 Å². The Balaban J connectivity index is 2.67. The van der Waals surface area contributed by atoms with Crippen molar-refractivity contribution in [3.05, 3.63) is 72.2 Å². The fourth-order valence-electron chi connectivity index (χ4n) is 3.46. The van der Waals surface area contributed by atoms with Crippen LogP contribution >= 0.6 is 127 Å². The quantitative estimate of drug-likeness (QED) is 0.121. The van der Waals surface area contributed by atoms with Gasteiger partial charge in [0.1, 0.15) is 0 Å². The summed E-state index contributed by atoms with van der Waals surface area (Å²) in [5.41, 5.74) is 1.42. The average Bonchev–Trinajstić information content (AvgIpc) is 2.84. The SMILES string of the molecule is C=CCOC(C)Oc1c(Br)c(Br)c(C(C)(C)c2c(Br)c(Br)c(OC(C)OCC=C)c(Br)c2Br)c(Br)c1Br. The van der Waals surface area contributed by atoms with Crippen molar-refractivity contribution in [2.45, 2.75) is 45.7 Å². The van der Waals surface area contributed by atoms with Crippen LogP contribution in [0.1, 0.15) is 38.8 Å². The van der Waals surface area contributed by atoms with E-state index >= 15 is 0 Å². The van der Waals surface area contributed by atoms with Crippen molar-refractivity contribution in [3.63, 3.8) is 0 Å². The zero-order chi connectivity index (χ0) is 28.2. The Kier molecular flexibility index (Phi) is 13.9. The van der Waals surface area contributed by atoms with Gasteiger partial charge in [0.2, 0.25) is 0 Å². The van der Waals surface area contributed by atoms with Crippen molar-refractivity contribution >= 4 is 127 Å². The predicted molar refractivity (Wildman–Crippen MR) is 179 cm³/mol. The van der Waals surface area contributed by atoms with Crippen LogP contribution in [0.3, 0.4) is 0 Å². The lowest BCUT2D eigenvalue weighted by molar-refractivity contribution is -0.0560. The molecule has 12 heteroatoms. The van der Waals surface area contributed by atoms with Crippen LogP contribution in [0.5, 0.6) is 11.5 Å². The van der Waals surface area contributed by atoms with E-state index in [0.29, 0.717) is 24.7 Å². The van der Waals surface area contributed by atoms with Crippen LogP contribution in [0, 0.1) is 0 Å². The molecule has 2 unspecified atom stereocenters. The van der Waals surface area contributed by atoms with E-state index < -0.39 is 18.0 Å². The van der Waals surface area contributed by atoms with Crippen LogP contribution in [0.2, 0.25) is 0 Å². The fraction of sp³-hybridized carbons (Fsp3) is 0.360. The zero-order valence-corrected chi connectivity index (χ0v) is 33.0. The lowest BCUT2D eigenvalue weighted by atomic mass is 9.78. The van der Waals surface area contributed by atoms with Crippen molar-refractivity contribution in [1.29, 1.82) is 0 Å². The standard InChI is InChI=1S/C25H24Br8O4/c1-7-9-34-11(3)36-23-19(30)15(26)13(16(27)20(23)31)25(5,6)14-17(28)21(32)24(22(33)18(14)29)37-12(4)35-10-8-2/h7-8,11-12H,1-2,9-10H2,3-6H3. The van der Waals surface area contributed by atoms with Gasteiger partial charge >= 0.3 is 0 Å². The molecule has 2 aromatic carbocycles. The van der Waals surface area contributed by atoms with Crippen LogP contribution in [-0.4, -0.2) is 25.8 Å². The van der Waals surface area contributed by atoms with E-state index in [1.165, 1.54) is 0 Å². The number of halogens is 8. The van der Waals surface area contributed by atoms with E-state index in [1.807, 2.05) is 13.8 Å². The molecule has 2 aromatic rings. The van der Waals surface area contributed by atoms with Gasteiger partial charge in [0.25, 0.3) is 0 Å². The van der Waals surface area contributed by atoms with Crippen LogP contribution in [0.4, 0.5) is 0 Å². The summed E-state index contributed by atoms with van der Waals surface area (Å²) in [5.74, 6) is 1.21. The minimum absolute atomic E-state index is 0.383. The number of rotatable bonds is 12. The summed E-state index contributed by atoms with van der Waals surface area (Å²) < 4.78 is 29.7. The van der Waals surface area contributed by atoms with Crippen molar-refractivity contribution in [1.82, 2.24) is 0 Å². The smallest absolute Gasteiger partial charge is 0.197 e. The summed E-state index contributed by atoms with van der Waals surface area (Å²) in [5, 5.41) is 0. The molecule has 0 saturated carbocycles. The zero-order valence-electron chi connectivity index (χ0n) is 20.3. The highest BCUT2D eigenvalue weighted by atomic mass is 79.9. The fourth-order valence-corrected chi connectivity index (χ4v) is 9.98. The summed E-state index contributed by atoms with van der Waals surface area (Å²) >= 11 is 30.1. The highest BCUT2D eigenvalue weighted by molar-refractivity contribution is 9.14. The molecule has 0 saturated heterocycles. The number of ether oxygens (including phenoxy) is 4. The van der Waals surface area contributed by atoms with Gasteiger partial charge in [-0.25, -0.2) is 0 Å². The predicted octanol–water partition coefficient (Wildman–Crippen LogP) is 12.0. The van der Waals surface area contributed by atoms with E-state index in [0.717, 1.165) is 46.9 Å². The van der Waals surface area contributed by atoms with Gasteiger partial charge in [0, 0.05) is 23.3 Å². The van der Waals surface area contributed by atoms with Gasteiger partial charge in [-0.15, -0.1) is 13.2 Å². The molecule has 0 aliphatic heterocycles. The molecular weight excluding hydrogens is 1000 g/mol. The molecule has 0 heterocycles. The Morgan fingerprint density at radius 2 is 0.865 bits per heavy atom. The lowest BCUT2D eigenvalue weighted by Gasteiger charge is -2.33. The van der Waals surface area contributed by atoms with E-state index in [2.05, 4.69) is 154 Å². The Hall–Kier alpha value is 1.28. The van der Waals surface area contributed by atoms with Crippen molar-refractivity contribution in [3.8, 4) is 11.5 Å². The monoisotopic (exact) mass is 1020 g/mol. The highest BCUT2D eigenvalue weighted by Crippen LogP contribution is 2.56. The molecule has 0 fully saturated rings. The summed E-state index contributed by atoms with van der Waals surface area (Å²) in [7, 11) is 0. The third-order valence-electron chi connectivity index (χ3n) is 5.16. The van der Waals surface area contributed by atoms with Crippen molar-refractivity contribution in [2.75, 3.05) is 13.2 Å². The Morgan fingerprint density at radius 3 is 1.11 bits per heavy atom. The molecule has 0 N–H and O–H groups in total. The lowest BCUT2D eigenvalue weighted by Crippen LogP contribution is -2.24. The first-order valence-electron chi connectivity index (χ1n) is 10.7. The summed E-state index contributed by atoms with van der Waals surface area (Å²) in [6.45, 7) is 16.1. The molecule has 0 radical (unpaired) electrons. The third-order valence-corrected chi connectivity index (χ3v) is 13.5. The Morgan fingerprint density at radius 1 is 0.595 bits per heavy atom. The highest BCUT2D eigenvalue weighted by Gasteiger charge is 2.37. The van der Waals surface area contributed by atoms with Crippen LogP contribution in [-0.2, 0) is 14.9 Å². The minimum Gasteiger partial charge on any atom is -0.463 e. The summed E-state index contributed by atoms with van der Waals surface area (Å²) in [4.78, 5) is 0. The van der Waals surface area contributed by atoms with Crippen LogP contribution in [0.15, 0.2) is 61.1 Å². The Bertz CT molecular complexity index is 1030. The molecule has 0 aromatic heterocycles. The second-order valence-electron chi connectivity index (χ2n) is 8.16. The van der Waals surface area contributed by atoms with Crippen molar-refractivity contribution in [2.24, 2.45) is 0 Å². The van der Waals surface area contributed by atoms with E-state index in [4.69, 9.17) is 18.9 Å². The van der Waals surface area contributed by atoms with Gasteiger partial charge in [0.05, 0.1) is 31.1 Å². The number of hydrogen-bond acceptors (Lipinski definition) is 4. The second-order valence-corrected chi connectivity index (χ2v) is 14.5. The minimum atomic E-state index is -0.543. The first-order valence-corrected chi connectivity index (χ1v) is 17.1. The summed E-state index contributed by atoms with van der Waals surface area (Å²) in [6, 6.07) is 0. The first-order chi connectivity index (χ1) is 17.2. The molecule has 2 atom stereocenters. The molecule has 37 heavy (non-hydrogen) atoms. The van der Waals surface area contributed by atoms with Crippen molar-refractivity contribution < 1.29 is 18.9 Å².